The van der Waals surface area contributed by atoms with E-state index in [0.29, 0.717) is 49.6 Å². The first-order chi connectivity index (χ1) is 17.6. The molecule has 3 N–H and O–H groups in total. The van der Waals surface area contributed by atoms with Gasteiger partial charge in [0.1, 0.15) is 6.61 Å². The zero-order valence-electron chi connectivity index (χ0n) is 20.3. The molecule has 2 aliphatic rings. The maximum absolute atomic E-state index is 12.6. The number of H-pyrrole nitrogens is 2. The van der Waals surface area contributed by atoms with E-state index < -0.39 is 6.09 Å². The standard InChI is InChI=1S/C26H32N6O4/c33-24(19-7-3-1-4-8-19)30-25-27-20-17-21(36-16-15-31-11-5-2-6-12-31)28-22(23(20)29-25)18-9-13-32(14-10-18)26(34)35/h1,3-4,7-8,17-18H,2,5-6,9-16H2,(H,34,35)(H2,27,29,30,33). The fourth-order valence-electron chi connectivity index (χ4n) is 5.03. The number of hydrogen-bond donors (Lipinski definition) is 3. The molecule has 0 unspecified atom stereocenters. The number of aromatic amines is 2. The van der Waals surface area contributed by atoms with Crippen molar-refractivity contribution in [1.82, 2.24) is 24.8 Å². The Hall–Kier alpha value is -3.66. The van der Waals surface area contributed by atoms with Crippen LogP contribution in [-0.4, -0.2) is 81.2 Å². The lowest BCUT2D eigenvalue weighted by atomic mass is 9.92. The van der Waals surface area contributed by atoms with E-state index in [2.05, 4.69) is 19.9 Å². The molecule has 10 heteroatoms. The van der Waals surface area contributed by atoms with Crippen LogP contribution in [0.15, 0.2) is 41.4 Å². The summed E-state index contributed by atoms with van der Waals surface area (Å²) in [6.07, 6.45) is 4.20. The van der Waals surface area contributed by atoms with Gasteiger partial charge in [0, 0.05) is 37.2 Å². The molecule has 0 saturated carbocycles. The summed E-state index contributed by atoms with van der Waals surface area (Å²) < 4.78 is 6.08. The van der Waals surface area contributed by atoms with Gasteiger partial charge in [-0.2, -0.15) is 4.99 Å². The number of carboxylic acid groups (broad SMARTS) is 1. The number of fused-ring (bicyclic) bond motifs is 1. The van der Waals surface area contributed by atoms with Gasteiger partial charge in [0.2, 0.25) is 11.5 Å². The summed E-state index contributed by atoms with van der Waals surface area (Å²) in [5.74, 6) is 0.241. The van der Waals surface area contributed by atoms with E-state index in [4.69, 9.17) is 9.72 Å². The molecule has 0 bridgehead atoms. The quantitative estimate of drug-likeness (QED) is 0.484. The van der Waals surface area contributed by atoms with Crippen molar-refractivity contribution in [3.05, 3.63) is 53.3 Å². The number of nitrogens with one attached hydrogen (secondary N) is 2. The van der Waals surface area contributed by atoms with Crippen molar-refractivity contribution < 1.29 is 19.4 Å². The van der Waals surface area contributed by atoms with Gasteiger partial charge >= 0.3 is 6.09 Å². The van der Waals surface area contributed by atoms with Gasteiger partial charge in [-0.1, -0.05) is 24.6 Å². The number of carbonyl (C=O) groups excluding carboxylic acids is 1. The first kappa shape index (κ1) is 24.1. The van der Waals surface area contributed by atoms with Gasteiger partial charge < -0.3 is 24.7 Å². The molecule has 1 aromatic carbocycles. The first-order valence-corrected chi connectivity index (χ1v) is 12.7. The number of likely N-dealkylation sites (tertiary alicyclic amines) is 2. The fraction of sp³-hybridized carbons (Fsp3) is 0.462. The molecule has 2 aromatic heterocycles. The predicted octanol–water partition coefficient (Wildman–Crippen LogP) is 3.35. The number of piperidine rings is 2. The van der Waals surface area contributed by atoms with Crippen LogP contribution in [0, 0.1) is 0 Å². The van der Waals surface area contributed by atoms with Gasteiger partial charge in [-0.05, 0) is 50.9 Å². The Labute approximate surface area is 209 Å². The van der Waals surface area contributed by atoms with Crippen molar-refractivity contribution in [3.8, 4) is 5.88 Å². The number of amides is 2. The molecule has 0 aliphatic carbocycles. The Morgan fingerprint density at radius 3 is 2.53 bits per heavy atom. The summed E-state index contributed by atoms with van der Waals surface area (Å²) >= 11 is 0. The molecule has 0 radical (unpaired) electrons. The highest BCUT2D eigenvalue weighted by molar-refractivity contribution is 5.94. The van der Waals surface area contributed by atoms with Crippen LogP contribution in [0.4, 0.5) is 4.79 Å². The second kappa shape index (κ2) is 10.9. The highest BCUT2D eigenvalue weighted by Gasteiger charge is 2.27. The average Bonchev–Trinajstić information content (AvgIpc) is 3.31. The van der Waals surface area contributed by atoms with Crippen LogP contribution < -0.4 is 10.4 Å². The van der Waals surface area contributed by atoms with Crippen LogP contribution >= 0.6 is 0 Å². The molecule has 0 spiro atoms. The third kappa shape index (κ3) is 5.59. The van der Waals surface area contributed by atoms with Gasteiger partial charge in [-0.15, -0.1) is 0 Å². The van der Waals surface area contributed by atoms with Crippen LogP contribution in [0.25, 0.3) is 11.0 Å². The number of hydrogen-bond acceptors (Lipinski definition) is 5. The SMILES string of the molecule is O=C(N=c1[nH]c2cc(OCCN3CCCCC3)nc(C3CCN(C(=O)O)CC3)c2[nH]1)c1ccccc1. The summed E-state index contributed by atoms with van der Waals surface area (Å²) in [6.45, 7) is 4.53. The summed E-state index contributed by atoms with van der Waals surface area (Å²) in [6, 6.07) is 10.8. The molecule has 10 nitrogen and oxygen atoms in total. The molecule has 190 valence electrons. The Kier molecular flexibility index (Phi) is 7.31. The molecule has 2 amide bonds. The number of benzene rings is 1. The van der Waals surface area contributed by atoms with Crippen LogP contribution in [0.1, 0.15) is 54.1 Å². The molecule has 3 aromatic rings. The summed E-state index contributed by atoms with van der Waals surface area (Å²) in [7, 11) is 0. The number of imidazole rings is 1. The molecule has 2 aliphatic heterocycles. The van der Waals surface area contributed by atoms with E-state index in [1.165, 1.54) is 24.2 Å². The Morgan fingerprint density at radius 1 is 1.06 bits per heavy atom. The number of nitrogens with zero attached hydrogens (tertiary/aromatic N) is 4. The second-order valence-corrected chi connectivity index (χ2v) is 9.44. The van der Waals surface area contributed by atoms with Crippen LogP contribution in [0.3, 0.4) is 0 Å². The van der Waals surface area contributed by atoms with Gasteiger partial charge in [0.15, 0.2) is 0 Å². The highest BCUT2D eigenvalue weighted by atomic mass is 16.5. The number of carbonyl (C=O) groups is 2. The average molecular weight is 493 g/mol. The minimum absolute atomic E-state index is 0.0680. The largest absolute Gasteiger partial charge is 0.476 e. The van der Waals surface area contributed by atoms with E-state index in [1.807, 2.05) is 12.1 Å². The normalized spacial score (nSPS) is 18.0. The van der Waals surface area contributed by atoms with Crippen molar-refractivity contribution in [2.75, 3.05) is 39.3 Å². The van der Waals surface area contributed by atoms with Gasteiger partial charge in [-0.25, -0.2) is 9.78 Å². The Morgan fingerprint density at radius 2 is 1.81 bits per heavy atom. The summed E-state index contributed by atoms with van der Waals surface area (Å²) in [4.78, 5) is 43.4. The van der Waals surface area contributed by atoms with Gasteiger partial charge in [-0.3, -0.25) is 9.69 Å². The van der Waals surface area contributed by atoms with Crippen molar-refractivity contribution in [2.24, 2.45) is 4.99 Å². The lowest BCUT2D eigenvalue weighted by molar-refractivity contribution is 0.0997. The summed E-state index contributed by atoms with van der Waals surface area (Å²) in [5.41, 5.74) is 3.19. The maximum atomic E-state index is 12.6. The molecule has 0 atom stereocenters. The number of rotatable bonds is 6. The zero-order chi connectivity index (χ0) is 24.9. The van der Waals surface area contributed by atoms with Crippen molar-refractivity contribution in [2.45, 2.75) is 38.0 Å². The molecule has 5 rings (SSSR count). The number of ether oxygens (including phenoxy) is 1. The minimum Gasteiger partial charge on any atom is -0.476 e. The topological polar surface area (TPSA) is 127 Å². The molecule has 2 fully saturated rings. The minimum atomic E-state index is -0.893. The van der Waals surface area contributed by atoms with Crippen LogP contribution in [0.5, 0.6) is 5.88 Å². The zero-order valence-corrected chi connectivity index (χ0v) is 20.3. The van der Waals surface area contributed by atoms with E-state index in [9.17, 15) is 14.7 Å². The van der Waals surface area contributed by atoms with Gasteiger partial charge in [0.05, 0.1) is 16.7 Å². The number of aromatic nitrogens is 3. The van der Waals surface area contributed by atoms with Crippen LogP contribution in [0.2, 0.25) is 0 Å². The predicted molar refractivity (Wildman–Crippen MR) is 134 cm³/mol. The molecule has 36 heavy (non-hydrogen) atoms. The maximum Gasteiger partial charge on any atom is 0.407 e. The van der Waals surface area contributed by atoms with Gasteiger partial charge in [0.25, 0.3) is 5.91 Å². The fourth-order valence-corrected chi connectivity index (χ4v) is 5.03. The first-order valence-electron chi connectivity index (χ1n) is 12.7. The van der Waals surface area contributed by atoms with Crippen molar-refractivity contribution in [3.63, 3.8) is 0 Å². The van der Waals surface area contributed by atoms with E-state index >= 15 is 0 Å². The smallest absolute Gasteiger partial charge is 0.407 e. The summed E-state index contributed by atoms with van der Waals surface area (Å²) in [5, 5.41) is 9.33. The monoisotopic (exact) mass is 492 g/mol. The number of pyridine rings is 1. The molecule has 4 heterocycles. The molecule has 2 saturated heterocycles. The van der Waals surface area contributed by atoms with E-state index in [0.717, 1.165) is 36.4 Å². The third-order valence-corrected chi connectivity index (χ3v) is 7.01. The van der Waals surface area contributed by atoms with E-state index in [-0.39, 0.29) is 11.8 Å². The molecular weight excluding hydrogens is 460 g/mol. The Bertz CT molecular complexity index is 1270. The van der Waals surface area contributed by atoms with Crippen molar-refractivity contribution >= 4 is 23.0 Å². The van der Waals surface area contributed by atoms with Crippen molar-refractivity contribution in [1.29, 1.82) is 0 Å². The lowest BCUT2D eigenvalue weighted by Crippen LogP contribution is -2.37. The van der Waals surface area contributed by atoms with E-state index in [1.54, 1.807) is 24.3 Å². The second-order valence-electron chi connectivity index (χ2n) is 9.44. The third-order valence-electron chi connectivity index (χ3n) is 7.01. The molecular formula is C26H32N6O4. The highest BCUT2D eigenvalue weighted by Crippen LogP contribution is 2.32. The lowest BCUT2D eigenvalue weighted by Gasteiger charge is -2.30. The Balaban J connectivity index is 1.42. The van der Waals surface area contributed by atoms with Crippen LogP contribution in [-0.2, 0) is 0 Å².